The van der Waals surface area contributed by atoms with Gasteiger partial charge in [0.1, 0.15) is 0 Å². The zero-order valence-electron chi connectivity index (χ0n) is 10.2. The third-order valence-corrected chi connectivity index (χ3v) is 3.48. The number of carbonyl (C=O) groups is 3. The van der Waals surface area contributed by atoms with E-state index in [-0.39, 0.29) is 30.7 Å². The molecule has 0 aromatic carbocycles. The summed E-state index contributed by atoms with van der Waals surface area (Å²) in [7, 11) is 0. The van der Waals surface area contributed by atoms with Crippen molar-refractivity contribution in [3.05, 3.63) is 0 Å². The number of likely N-dealkylation sites (tertiary alicyclic amines) is 1. The van der Waals surface area contributed by atoms with Crippen LogP contribution in [0.3, 0.4) is 0 Å². The molecule has 1 saturated heterocycles. The number of carbonyl (C=O) groups excluding carboxylic acids is 2. The number of carboxylic acids is 1. The third kappa shape index (κ3) is 3.21. The molecule has 0 radical (unpaired) electrons. The van der Waals surface area contributed by atoms with Gasteiger partial charge in [-0.2, -0.15) is 0 Å². The molecule has 0 aromatic rings. The van der Waals surface area contributed by atoms with Crippen LogP contribution < -0.4 is 5.32 Å². The standard InChI is InChI=1S/C12H18N2O4/c15-10-4-3-9(12(17)18)7-14(10)6-5-13-11(16)8-1-2-8/h8-9H,1-7H2,(H,13,16)(H,17,18). The lowest BCUT2D eigenvalue weighted by atomic mass is 9.98. The molecule has 2 N–H and O–H groups in total. The summed E-state index contributed by atoms with van der Waals surface area (Å²) in [6, 6.07) is 0. The van der Waals surface area contributed by atoms with Gasteiger partial charge in [0.05, 0.1) is 5.92 Å². The quantitative estimate of drug-likeness (QED) is 0.713. The van der Waals surface area contributed by atoms with E-state index in [2.05, 4.69) is 5.32 Å². The van der Waals surface area contributed by atoms with Crippen LogP contribution in [0, 0.1) is 11.8 Å². The molecule has 1 aliphatic heterocycles. The van der Waals surface area contributed by atoms with Gasteiger partial charge in [0, 0.05) is 32.0 Å². The molecule has 0 spiro atoms. The summed E-state index contributed by atoms with van der Waals surface area (Å²) in [4.78, 5) is 35.4. The number of hydrogen-bond donors (Lipinski definition) is 2. The van der Waals surface area contributed by atoms with Gasteiger partial charge in [0.15, 0.2) is 0 Å². The number of hydrogen-bond acceptors (Lipinski definition) is 3. The van der Waals surface area contributed by atoms with Crippen molar-refractivity contribution in [3.8, 4) is 0 Å². The fraction of sp³-hybridized carbons (Fsp3) is 0.750. The van der Waals surface area contributed by atoms with Crippen molar-refractivity contribution >= 4 is 17.8 Å². The molecular formula is C12H18N2O4. The molecule has 6 heteroatoms. The number of piperidine rings is 1. The monoisotopic (exact) mass is 254 g/mol. The largest absolute Gasteiger partial charge is 0.481 e. The average Bonchev–Trinajstić information content (AvgIpc) is 3.15. The fourth-order valence-electron chi connectivity index (χ4n) is 2.14. The average molecular weight is 254 g/mol. The van der Waals surface area contributed by atoms with Gasteiger partial charge < -0.3 is 15.3 Å². The highest BCUT2D eigenvalue weighted by molar-refractivity contribution is 5.81. The predicted octanol–water partition coefficient (Wildman–Crippen LogP) is -0.164. The first-order chi connectivity index (χ1) is 8.58. The summed E-state index contributed by atoms with van der Waals surface area (Å²) in [5.41, 5.74) is 0. The molecule has 1 atom stereocenters. The highest BCUT2D eigenvalue weighted by Crippen LogP contribution is 2.28. The smallest absolute Gasteiger partial charge is 0.308 e. The Balaban J connectivity index is 1.74. The predicted molar refractivity (Wildman–Crippen MR) is 62.7 cm³/mol. The number of amides is 2. The molecule has 6 nitrogen and oxygen atoms in total. The molecule has 1 saturated carbocycles. The number of nitrogens with zero attached hydrogens (tertiary/aromatic N) is 1. The van der Waals surface area contributed by atoms with Crippen LogP contribution in [0.25, 0.3) is 0 Å². The minimum absolute atomic E-state index is 0.0202. The van der Waals surface area contributed by atoms with Crippen molar-refractivity contribution in [3.63, 3.8) is 0 Å². The number of aliphatic carboxylic acids is 1. The molecule has 2 fully saturated rings. The summed E-state index contributed by atoms with van der Waals surface area (Å²) in [5.74, 6) is -1.13. The minimum Gasteiger partial charge on any atom is -0.481 e. The Labute approximate surface area is 105 Å². The third-order valence-electron chi connectivity index (χ3n) is 3.48. The highest BCUT2D eigenvalue weighted by Gasteiger charge is 2.31. The lowest BCUT2D eigenvalue weighted by Crippen LogP contribution is -2.46. The van der Waals surface area contributed by atoms with E-state index in [4.69, 9.17) is 5.11 Å². The molecule has 2 amide bonds. The van der Waals surface area contributed by atoms with Crippen LogP contribution in [0.15, 0.2) is 0 Å². The van der Waals surface area contributed by atoms with E-state index in [1.807, 2.05) is 0 Å². The first kappa shape index (κ1) is 12.9. The molecule has 1 unspecified atom stereocenters. The van der Waals surface area contributed by atoms with Crippen molar-refractivity contribution in [2.75, 3.05) is 19.6 Å². The van der Waals surface area contributed by atoms with Gasteiger partial charge in [-0.1, -0.05) is 0 Å². The van der Waals surface area contributed by atoms with E-state index in [1.54, 1.807) is 0 Å². The second-order valence-electron chi connectivity index (χ2n) is 4.98. The summed E-state index contributed by atoms with van der Waals surface area (Å²) in [6.45, 7) is 1.07. The maximum Gasteiger partial charge on any atom is 0.308 e. The Bertz CT molecular complexity index is 365. The van der Waals surface area contributed by atoms with E-state index in [0.29, 0.717) is 19.5 Å². The van der Waals surface area contributed by atoms with E-state index < -0.39 is 11.9 Å². The van der Waals surface area contributed by atoms with Crippen LogP contribution in [0.5, 0.6) is 0 Å². The Kier molecular flexibility index (Phi) is 3.84. The summed E-state index contributed by atoms with van der Waals surface area (Å²) in [6.07, 6.45) is 2.61. The molecule has 1 heterocycles. The maximum atomic E-state index is 11.6. The number of carboxylic acid groups (broad SMARTS) is 1. The topological polar surface area (TPSA) is 86.7 Å². The van der Waals surface area contributed by atoms with E-state index in [1.165, 1.54) is 4.90 Å². The van der Waals surface area contributed by atoms with Gasteiger partial charge in [-0.15, -0.1) is 0 Å². The van der Waals surface area contributed by atoms with Gasteiger partial charge in [-0.3, -0.25) is 14.4 Å². The van der Waals surface area contributed by atoms with Crippen LogP contribution in [0.1, 0.15) is 25.7 Å². The Morgan fingerprint density at radius 2 is 2.00 bits per heavy atom. The lowest BCUT2D eigenvalue weighted by Gasteiger charge is -2.30. The normalized spacial score (nSPS) is 23.9. The fourth-order valence-corrected chi connectivity index (χ4v) is 2.14. The van der Waals surface area contributed by atoms with Crippen LogP contribution in [0.2, 0.25) is 0 Å². The summed E-state index contributed by atoms with van der Waals surface area (Å²) < 4.78 is 0. The first-order valence-corrected chi connectivity index (χ1v) is 6.36. The van der Waals surface area contributed by atoms with Crippen LogP contribution >= 0.6 is 0 Å². The van der Waals surface area contributed by atoms with E-state index in [9.17, 15) is 14.4 Å². The van der Waals surface area contributed by atoms with Crippen molar-refractivity contribution in [2.45, 2.75) is 25.7 Å². The van der Waals surface area contributed by atoms with Crippen molar-refractivity contribution in [1.29, 1.82) is 0 Å². The van der Waals surface area contributed by atoms with Gasteiger partial charge in [0.2, 0.25) is 11.8 Å². The summed E-state index contributed by atoms with van der Waals surface area (Å²) >= 11 is 0. The van der Waals surface area contributed by atoms with Crippen molar-refractivity contribution in [2.24, 2.45) is 11.8 Å². The number of rotatable bonds is 5. The second kappa shape index (κ2) is 5.37. The van der Waals surface area contributed by atoms with Gasteiger partial charge in [0.25, 0.3) is 0 Å². The van der Waals surface area contributed by atoms with Crippen molar-refractivity contribution in [1.82, 2.24) is 10.2 Å². The molecule has 2 aliphatic rings. The van der Waals surface area contributed by atoms with Crippen LogP contribution in [-0.2, 0) is 14.4 Å². The molecule has 0 bridgehead atoms. The van der Waals surface area contributed by atoms with Crippen molar-refractivity contribution < 1.29 is 19.5 Å². The number of nitrogens with one attached hydrogen (secondary N) is 1. The Hall–Kier alpha value is -1.59. The SMILES string of the molecule is O=C(O)C1CCC(=O)N(CCNC(=O)C2CC2)C1. The molecular weight excluding hydrogens is 236 g/mol. The molecule has 2 rings (SSSR count). The Morgan fingerprint density at radius 3 is 2.61 bits per heavy atom. The zero-order valence-corrected chi connectivity index (χ0v) is 10.2. The molecule has 100 valence electrons. The minimum atomic E-state index is -0.852. The molecule has 1 aliphatic carbocycles. The Morgan fingerprint density at radius 1 is 1.28 bits per heavy atom. The molecule has 18 heavy (non-hydrogen) atoms. The molecule has 0 aromatic heterocycles. The summed E-state index contributed by atoms with van der Waals surface area (Å²) in [5, 5.41) is 11.7. The van der Waals surface area contributed by atoms with Crippen LogP contribution in [0.4, 0.5) is 0 Å². The van der Waals surface area contributed by atoms with Gasteiger partial charge in [-0.05, 0) is 19.3 Å². The lowest BCUT2D eigenvalue weighted by molar-refractivity contribution is -0.147. The maximum absolute atomic E-state index is 11.6. The zero-order chi connectivity index (χ0) is 13.1. The van der Waals surface area contributed by atoms with Crippen LogP contribution in [-0.4, -0.2) is 47.4 Å². The highest BCUT2D eigenvalue weighted by atomic mass is 16.4. The van der Waals surface area contributed by atoms with Gasteiger partial charge in [-0.25, -0.2) is 0 Å². The van der Waals surface area contributed by atoms with E-state index in [0.717, 1.165) is 12.8 Å². The van der Waals surface area contributed by atoms with E-state index >= 15 is 0 Å². The first-order valence-electron chi connectivity index (χ1n) is 6.36. The second-order valence-corrected chi connectivity index (χ2v) is 4.98. The van der Waals surface area contributed by atoms with Gasteiger partial charge >= 0.3 is 5.97 Å².